The number of carbonyl (C=O) groups is 1. The molecule has 1 amide bonds. The summed E-state index contributed by atoms with van der Waals surface area (Å²) in [5.74, 6) is 0.417. The summed E-state index contributed by atoms with van der Waals surface area (Å²) in [5, 5.41) is 6.91. The molecule has 0 aliphatic heterocycles. The molecule has 0 saturated heterocycles. The van der Waals surface area contributed by atoms with E-state index < -0.39 is 0 Å². The molecular formula is C16H14N2OS2. The van der Waals surface area contributed by atoms with Crippen LogP contribution in [-0.2, 0) is 11.3 Å². The minimum Gasteiger partial charge on any atom is -0.350 e. The molecule has 0 spiro atoms. The molecule has 0 saturated carbocycles. The maximum atomic E-state index is 11.8. The number of nitrogens with zero attached hydrogens (tertiary/aromatic N) is 1. The van der Waals surface area contributed by atoms with E-state index in [0.29, 0.717) is 12.3 Å². The van der Waals surface area contributed by atoms with Crippen molar-refractivity contribution >= 4 is 39.9 Å². The van der Waals surface area contributed by atoms with Gasteiger partial charge in [0.05, 0.1) is 22.8 Å². The van der Waals surface area contributed by atoms with Gasteiger partial charge in [-0.1, -0.05) is 42.1 Å². The fraction of sp³-hybridized carbons (Fsp3) is 0.125. The van der Waals surface area contributed by atoms with Gasteiger partial charge in [-0.2, -0.15) is 0 Å². The van der Waals surface area contributed by atoms with Crippen LogP contribution in [0.4, 0.5) is 0 Å². The van der Waals surface area contributed by atoms with Crippen molar-refractivity contribution in [3.63, 3.8) is 0 Å². The summed E-state index contributed by atoms with van der Waals surface area (Å²) in [5.41, 5.74) is 0.960. The van der Waals surface area contributed by atoms with Crippen molar-refractivity contribution in [1.82, 2.24) is 10.3 Å². The molecule has 0 fully saturated rings. The molecule has 0 aliphatic carbocycles. The maximum Gasteiger partial charge on any atom is 0.230 e. The molecule has 0 atom stereocenters. The summed E-state index contributed by atoms with van der Waals surface area (Å²) in [6.07, 6.45) is 0. The summed E-state index contributed by atoms with van der Waals surface area (Å²) in [4.78, 5) is 17.5. The zero-order chi connectivity index (χ0) is 14.5. The Hall–Kier alpha value is -1.85. The van der Waals surface area contributed by atoms with Crippen LogP contribution in [0.25, 0.3) is 10.9 Å². The van der Waals surface area contributed by atoms with Crippen molar-refractivity contribution in [2.45, 2.75) is 11.6 Å². The van der Waals surface area contributed by atoms with E-state index in [4.69, 9.17) is 0 Å². The van der Waals surface area contributed by atoms with Crippen LogP contribution in [0.1, 0.15) is 4.88 Å². The summed E-state index contributed by atoms with van der Waals surface area (Å²) in [6.45, 7) is 0.599. The third-order valence-corrected chi connectivity index (χ3v) is 4.77. The highest BCUT2D eigenvalue weighted by atomic mass is 32.2. The normalized spacial score (nSPS) is 10.7. The number of rotatable bonds is 5. The van der Waals surface area contributed by atoms with Gasteiger partial charge in [-0.3, -0.25) is 4.79 Å². The van der Waals surface area contributed by atoms with Crippen molar-refractivity contribution in [3.05, 3.63) is 58.8 Å². The number of fused-ring (bicyclic) bond motifs is 1. The molecule has 21 heavy (non-hydrogen) atoms. The summed E-state index contributed by atoms with van der Waals surface area (Å²) in [7, 11) is 0. The van der Waals surface area contributed by atoms with Gasteiger partial charge in [-0.15, -0.1) is 11.3 Å². The summed E-state index contributed by atoms with van der Waals surface area (Å²) < 4.78 is 0. The topological polar surface area (TPSA) is 42.0 Å². The monoisotopic (exact) mass is 314 g/mol. The Kier molecular flexibility index (Phi) is 4.52. The number of pyridine rings is 1. The van der Waals surface area contributed by atoms with E-state index in [0.717, 1.165) is 20.8 Å². The minimum absolute atomic E-state index is 0.0309. The lowest BCUT2D eigenvalue weighted by Crippen LogP contribution is -2.24. The molecule has 2 aromatic heterocycles. The Labute approximate surface area is 131 Å². The molecule has 0 unspecified atom stereocenters. The Balaban J connectivity index is 1.54. The number of nitrogens with one attached hydrogen (secondary N) is 1. The van der Waals surface area contributed by atoms with Crippen LogP contribution >= 0.6 is 23.1 Å². The van der Waals surface area contributed by atoms with E-state index in [1.165, 1.54) is 11.8 Å². The quantitative estimate of drug-likeness (QED) is 0.730. The van der Waals surface area contributed by atoms with Crippen LogP contribution in [0.15, 0.2) is 58.9 Å². The van der Waals surface area contributed by atoms with Gasteiger partial charge < -0.3 is 5.32 Å². The van der Waals surface area contributed by atoms with E-state index in [-0.39, 0.29) is 5.91 Å². The van der Waals surface area contributed by atoms with Gasteiger partial charge in [-0.05, 0) is 23.6 Å². The van der Waals surface area contributed by atoms with E-state index in [1.54, 1.807) is 11.3 Å². The predicted octanol–water partition coefficient (Wildman–Crippen LogP) is 3.70. The fourth-order valence-corrected chi connectivity index (χ4v) is 3.27. The largest absolute Gasteiger partial charge is 0.350 e. The zero-order valence-electron chi connectivity index (χ0n) is 11.3. The van der Waals surface area contributed by atoms with Crippen molar-refractivity contribution < 1.29 is 4.79 Å². The van der Waals surface area contributed by atoms with Crippen molar-refractivity contribution in [3.8, 4) is 0 Å². The standard InChI is InChI=1S/C16H14N2OS2/c19-15(17-10-13-5-3-9-20-13)11-21-16-8-7-12-4-1-2-6-14(12)18-16/h1-9H,10-11H2,(H,17,19). The first-order valence-corrected chi connectivity index (χ1v) is 8.45. The Morgan fingerprint density at radius 3 is 2.90 bits per heavy atom. The lowest BCUT2D eigenvalue weighted by molar-refractivity contribution is -0.118. The SMILES string of the molecule is O=C(CSc1ccc2ccccc2n1)NCc1cccs1. The molecule has 0 aliphatic rings. The van der Waals surface area contributed by atoms with Crippen LogP contribution in [0, 0.1) is 0 Å². The van der Waals surface area contributed by atoms with Crippen molar-refractivity contribution in [2.24, 2.45) is 0 Å². The molecule has 0 radical (unpaired) electrons. The molecule has 106 valence electrons. The summed E-state index contributed by atoms with van der Waals surface area (Å²) in [6, 6.07) is 16.0. The third kappa shape index (κ3) is 3.83. The van der Waals surface area contributed by atoms with Crippen LogP contribution in [0.2, 0.25) is 0 Å². The van der Waals surface area contributed by atoms with Gasteiger partial charge in [0.2, 0.25) is 5.91 Å². The number of thiophene rings is 1. The second-order valence-corrected chi connectivity index (χ2v) is 6.51. The highest BCUT2D eigenvalue weighted by Gasteiger charge is 2.05. The Morgan fingerprint density at radius 1 is 1.14 bits per heavy atom. The number of benzene rings is 1. The van der Waals surface area contributed by atoms with Crippen LogP contribution in [0.5, 0.6) is 0 Å². The van der Waals surface area contributed by atoms with E-state index in [9.17, 15) is 4.79 Å². The molecule has 3 nitrogen and oxygen atoms in total. The number of thioether (sulfide) groups is 1. The highest BCUT2D eigenvalue weighted by Crippen LogP contribution is 2.19. The van der Waals surface area contributed by atoms with Crippen LogP contribution in [-0.4, -0.2) is 16.6 Å². The number of hydrogen-bond donors (Lipinski definition) is 1. The molecule has 1 N–H and O–H groups in total. The van der Waals surface area contributed by atoms with Gasteiger partial charge in [0, 0.05) is 10.3 Å². The molecule has 5 heteroatoms. The maximum absolute atomic E-state index is 11.8. The van der Waals surface area contributed by atoms with E-state index in [2.05, 4.69) is 10.3 Å². The first-order valence-electron chi connectivity index (χ1n) is 6.59. The lowest BCUT2D eigenvalue weighted by atomic mass is 10.2. The second kappa shape index (κ2) is 6.74. The summed E-state index contributed by atoms with van der Waals surface area (Å²) >= 11 is 3.11. The average molecular weight is 314 g/mol. The van der Waals surface area contributed by atoms with Gasteiger partial charge in [0.25, 0.3) is 0 Å². The molecule has 3 aromatic rings. The van der Waals surface area contributed by atoms with Crippen LogP contribution in [0.3, 0.4) is 0 Å². The Bertz CT molecular complexity index is 741. The fourth-order valence-electron chi connectivity index (χ4n) is 1.92. The predicted molar refractivity (Wildman–Crippen MR) is 88.6 cm³/mol. The zero-order valence-corrected chi connectivity index (χ0v) is 12.9. The van der Waals surface area contributed by atoms with Gasteiger partial charge in [0.1, 0.15) is 0 Å². The number of hydrogen-bond acceptors (Lipinski definition) is 4. The lowest BCUT2D eigenvalue weighted by Gasteiger charge is -2.04. The Morgan fingerprint density at radius 2 is 2.05 bits per heavy atom. The first-order chi connectivity index (χ1) is 10.3. The molecule has 1 aromatic carbocycles. The molecule has 2 heterocycles. The number of aromatic nitrogens is 1. The smallest absolute Gasteiger partial charge is 0.230 e. The first kappa shape index (κ1) is 14.1. The van der Waals surface area contributed by atoms with Gasteiger partial charge in [-0.25, -0.2) is 4.98 Å². The van der Waals surface area contributed by atoms with Gasteiger partial charge >= 0.3 is 0 Å². The van der Waals surface area contributed by atoms with E-state index >= 15 is 0 Å². The number of para-hydroxylation sites is 1. The van der Waals surface area contributed by atoms with Crippen molar-refractivity contribution in [2.75, 3.05) is 5.75 Å². The molecule has 0 bridgehead atoms. The number of carbonyl (C=O) groups excluding carboxylic acids is 1. The minimum atomic E-state index is 0.0309. The van der Waals surface area contributed by atoms with E-state index in [1.807, 2.05) is 53.9 Å². The average Bonchev–Trinajstić information content (AvgIpc) is 3.04. The highest BCUT2D eigenvalue weighted by molar-refractivity contribution is 7.99. The second-order valence-electron chi connectivity index (χ2n) is 4.49. The number of amides is 1. The van der Waals surface area contributed by atoms with Crippen LogP contribution < -0.4 is 5.32 Å². The van der Waals surface area contributed by atoms with Crippen molar-refractivity contribution in [1.29, 1.82) is 0 Å². The third-order valence-electron chi connectivity index (χ3n) is 2.96. The van der Waals surface area contributed by atoms with Gasteiger partial charge in [0.15, 0.2) is 0 Å². The molecular weight excluding hydrogens is 300 g/mol. The molecule has 3 rings (SSSR count).